The molecule has 4 radical (unpaired) electrons. The molecule has 6 rings (SSSR count). The summed E-state index contributed by atoms with van der Waals surface area (Å²) < 4.78 is 28.0. The fourth-order valence-electron chi connectivity index (χ4n) is 5.82. The van der Waals surface area contributed by atoms with E-state index in [9.17, 15) is 14.3 Å². The fourth-order valence-corrected chi connectivity index (χ4v) is 5.98. The molecular weight excluding hydrogens is 554 g/mol. The van der Waals surface area contributed by atoms with Gasteiger partial charge in [0.05, 0.1) is 44.9 Å². The number of benzene rings is 3. The molecule has 0 amide bonds. The standard InChI is InChI=1S/C31H29B2ClFN3O4/c32-31(33,30-36-26-8-6-20(29(39)40)15-27(26)38(30)17-23-11-14-41-23)37-12-9-19(10-13-37)24-3-1-2-4-28(24)42-18-21-5-7-22(34)16-25(21)35/h1-8,15-16,19,23H,9-14,17-18H2,(H,39,40)/t23-/m0/s1. The number of carbonyl (C=O) groups is 1. The van der Waals surface area contributed by atoms with Crippen molar-refractivity contribution in [3.05, 3.63) is 94.0 Å². The molecule has 212 valence electrons. The van der Waals surface area contributed by atoms with E-state index in [-0.39, 0.29) is 24.2 Å². The monoisotopic (exact) mass is 583 g/mol. The fraction of sp³-hybridized carbons (Fsp3) is 0.355. The lowest BCUT2D eigenvalue weighted by atomic mass is 9.59. The number of ether oxygens (including phenoxy) is 2. The number of fused-ring (bicyclic) bond motifs is 1. The molecule has 7 nitrogen and oxygen atoms in total. The summed E-state index contributed by atoms with van der Waals surface area (Å²) in [7, 11) is 13.7. The molecule has 11 heteroatoms. The molecular formula is C31H29B2ClFN3O4. The van der Waals surface area contributed by atoms with Gasteiger partial charge in [0.15, 0.2) is 0 Å². The van der Waals surface area contributed by atoms with Gasteiger partial charge >= 0.3 is 5.97 Å². The molecule has 1 aromatic heterocycles. The van der Waals surface area contributed by atoms with Crippen LogP contribution in [0, 0.1) is 5.82 Å². The Morgan fingerprint density at radius 3 is 2.57 bits per heavy atom. The van der Waals surface area contributed by atoms with Gasteiger partial charge in [0.1, 0.15) is 24.0 Å². The van der Waals surface area contributed by atoms with Gasteiger partial charge in [-0.3, -0.25) is 0 Å². The van der Waals surface area contributed by atoms with Crippen molar-refractivity contribution in [2.45, 2.75) is 49.8 Å². The summed E-state index contributed by atoms with van der Waals surface area (Å²) in [6.07, 6.45) is 2.45. The van der Waals surface area contributed by atoms with Crippen LogP contribution in [0.25, 0.3) is 11.0 Å². The number of hydrogen-bond donors (Lipinski definition) is 1. The summed E-state index contributed by atoms with van der Waals surface area (Å²) in [5, 5.41) is 8.51. The highest BCUT2D eigenvalue weighted by molar-refractivity contribution is 6.39. The van der Waals surface area contributed by atoms with Gasteiger partial charge in [-0.25, -0.2) is 14.2 Å². The molecule has 3 aromatic carbocycles. The maximum absolute atomic E-state index is 14.3. The smallest absolute Gasteiger partial charge is 0.335 e. The number of aromatic nitrogens is 2. The Morgan fingerprint density at radius 2 is 1.88 bits per heavy atom. The molecule has 0 spiro atoms. The van der Waals surface area contributed by atoms with E-state index in [1.807, 2.05) is 33.7 Å². The topological polar surface area (TPSA) is 76.8 Å². The molecule has 2 aliphatic rings. The summed E-state index contributed by atoms with van der Waals surface area (Å²) in [5.74, 6) is -0.0213. The summed E-state index contributed by atoms with van der Waals surface area (Å²) in [5.41, 5.74) is 2.96. The van der Waals surface area contributed by atoms with Gasteiger partial charge in [-0.05, 0) is 80.2 Å². The van der Waals surface area contributed by atoms with E-state index in [0.29, 0.717) is 59.4 Å². The van der Waals surface area contributed by atoms with Crippen LogP contribution >= 0.6 is 11.6 Å². The highest BCUT2D eigenvalue weighted by atomic mass is 35.5. The van der Waals surface area contributed by atoms with Gasteiger partial charge in [0.25, 0.3) is 0 Å². The van der Waals surface area contributed by atoms with E-state index in [2.05, 4.69) is 0 Å². The average Bonchev–Trinajstić information content (AvgIpc) is 3.33. The van der Waals surface area contributed by atoms with E-state index in [1.54, 1.807) is 24.3 Å². The Morgan fingerprint density at radius 1 is 1.12 bits per heavy atom. The number of carboxylic acids is 1. The predicted molar refractivity (Wildman–Crippen MR) is 160 cm³/mol. The lowest BCUT2D eigenvalue weighted by molar-refractivity contribution is -0.0594. The van der Waals surface area contributed by atoms with E-state index < -0.39 is 17.1 Å². The molecule has 2 aliphatic heterocycles. The lowest BCUT2D eigenvalue weighted by Gasteiger charge is -2.44. The van der Waals surface area contributed by atoms with E-state index in [1.165, 1.54) is 12.1 Å². The van der Waals surface area contributed by atoms with E-state index in [0.717, 1.165) is 24.8 Å². The third-order valence-electron chi connectivity index (χ3n) is 8.31. The minimum Gasteiger partial charge on any atom is -0.489 e. The number of halogens is 2. The van der Waals surface area contributed by atoms with Crippen molar-refractivity contribution in [1.82, 2.24) is 14.5 Å². The van der Waals surface area contributed by atoms with E-state index >= 15 is 0 Å². The van der Waals surface area contributed by atoms with Gasteiger partial charge in [-0.1, -0.05) is 35.9 Å². The van der Waals surface area contributed by atoms with Crippen molar-refractivity contribution in [3.8, 4) is 5.75 Å². The quantitative estimate of drug-likeness (QED) is 0.272. The molecule has 2 saturated heterocycles. The molecule has 1 N–H and O–H groups in total. The normalized spacial score (nSPS) is 18.2. The Bertz CT molecular complexity index is 1620. The average molecular weight is 584 g/mol. The van der Waals surface area contributed by atoms with E-state index in [4.69, 9.17) is 41.8 Å². The van der Waals surface area contributed by atoms with Crippen LogP contribution in [0.5, 0.6) is 5.75 Å². The summed E-state index contributed by atoms with van der Waals surface area (Å²) in [4.78, 5) is 18.5. The van der Waals surface area contributed by atoms with Crippen LogP contribution in [0.4, 0.5) is 4.39 Å². The number of rotatable bonds is 9. The third kappa shape index (κ3) is 5.68. The van der Waals surface area contributed by atoms with Crippen LogP contribution in [0.15, 0.2) is 60.7 Å². The molecule has 0 unspecified atom stereocenters. The second-order valence-corrected chi connectivity index (χ2v) is 11.4. The molecule has 42 heavy (non-hydrogen) atoms. The zero-order valence-electron chi connectivity index (χ0n) is 23.0. The maximum atomic E-state index is 14.3. The number of imidazole rings is 1. The third-order valence-corrected chi connectivity index (χ3v) is 8.54. The van der Waals surface area contributed by atoms with Crippen LogP contribution < -0.4 is 4.74 Å². The molecule has 0 aliphatic carbocycles. The first-order chi connectivity index (χ1) is 20.2. The molecule has 3 heterocycles. The van der Waals surface area contributed by atoms with Crippen LogP contribution in [0.1, 0.15) is 52.5 Å². The second kappa shape index (κ2) is 11.7. The van der Waals surface area contributed by atoms with Gasteiger partial charge in [-0.15, -0.1) is 0 Å². The van der Waals surface area contributed by atoms with Crippen molar-refractivity contribution in [2.75, 3.05) is 19.7 Å². The van der Waals surface area contributed by atoms with Crippen molar-refractivity contribution in [1.29, 1.82) is 0 Å². The summed E-state index contributed by atoms with van der Waals surface area (Å²) >= 11 is 5.89. The molecule has 0 saturated carbocycles. The zero-order chi connectivity index (χ0) is 29.4. The summed E-state index contributed by atoms with van der Waals surface area (Å²) in [6.45, 7) is 2.50. The minimum atomic E-state index is -1.39. The van der Waals surface area contributed by atoms with Crippen LogP contribution in [0.3, 0.4) is 0 Å². The molecule has 1 atom stereocenters. The number of piperidine rings is 1. The number of para-hydroxylation sites is 1. The van der Waals surface area contributed by atoms with Crippen LogP contribution in [-0.4, -0.2) is 67.0 Å². The van der Waals surface area contributed by atoms with Crippen LogP contribution in [-0.2, 0) is 23.2 Å². The maximum Gasteiger partial charge on any atom is 0.335 e. The largest absolute Gasteiger partial charge is 0.489 e. The summed E-state index contributed by atoms with van der Waals surface area (Å²) in [6, 6.07) is 17.2. The first-order valence-corrected chi connectivity index (χ1v) is 14.4. The Hall–Kier alpha value is -3.33. The number of aromatic carboxylic acids is 1. The lowest BCUT2D eigenvalue weighted by Crippen LogP contribution is -2.52. The van der Waals surface area contributed by atoms with Gasteiger partial charge in [-0.2, -0.15) is 0 Å². The molecule has 0 bridgehead atoms. The minimum absolute atomic E-state index is 0.00554. The highest BCUT2D eigenvalue weighted by Gasteiger charge is 2.37. The van der Waals surface area contributed by atoms with Crippen LogP contribution in [0.2, 0.25) is 5.02 Å². The number of nitrogens with zero attached hydrogens (tertiary/aromatic N) is 3. The number of hydrogen-bond acceptors (Lipinski definition) is 5. The van der Waals surface area contributed by atoms with Crippen molar-refractivity contribution < 1.29 is 23.8 Å². The molecule has 4 aromatic rings. The first kappa shape index (κ1) is 28.8. The van der Waals surface area contributed by atoms with Gasteiger partial charge < -0.3 is 24.0 Å². The Kier molecular flexibility index (Phi) is 8.05. The number of carboxylic acid groups (broad SMARTS) is 1. The van der Waals surface area contributed by atoms with Crippen molar-refractivity contribution >= 4 is 44.3 Å². The molecule has 2 fully saturated rings. The van der Waals surface area contributed by atoms with Crippen molar-refractivity contribution in [2.24, 2.45) is 0 Å². The number of likely N-dealkylation sites (tertiary alicyclic amines) is 1. The highest BCUT2D eigenvalue weighted by Crippen LogP contribution is 2.38. The van der Waals surface area contributed by atoms with Gasteiger partial charge in [0, 0.05) is 22.5 Å². The predicted octanol–water partition coefficient (Wildman–Crippen LogP) is 5.22. The zero-order valence-corrected chi connectivity index (χ0v) is 23.8. The first-order valence-electron chi connectivity index (χ1n) is 14.0. The second-order valence-electron chi connectivity index (χ2n) is 11.0. The SMILES string of the molecule is [B]C([B])(c1nc2ccc(C(=O)O)cc2n1C[C@@H]1CCO1)N1CCC(c2ccccc2OCc2ccc(Cl)cc2F)CC1. The Labute approximate surface area is 251 Å². The Balaban J connectivity index is 1.20. The van der Waals surface area contributed by atoms with Crippen molar-refractivity contribution in [3.63, 3.8) is 0 Å². The van der Waals surface area contributed by atoms with Gasteiger partial charge in [0.2, 0.25) is 0 Å².